The fourth-order valence-electron chi connectivity index (χ4n) is 6.25. The third-order valence-corrected chi connectivity index (χ3v) is 8.50. The van der Waals surface area contributed by atoms with E-state index >= 15 is 0 Å². The van der Waals surface area contributed by atoms with Gasteiger partial charge in [-0.15, -0.1) is 0 Å². The van der Waals surface area contributed by atoms with Crippen LogP contribution in [0.3, 0.4) is 0 Å². The minimum absolute atomic E-state index is 0.0821. The summed E-state index contributed by atoms with van der Waals surface area (Å²) in [5.41, 5.74) is 4.44. The summed E-state index contributed by atoms with van der Waals surface area (Å²) in [6.07, 6.45) is 0.579. The van der Waals surface area contributed by atoms with Crippen molar-refractivity contribution >= 4 is 57.9 Å². The number of anilines is 6. The molecule has 2 atom stereocenters. The van der Waals surface area contributed by atoms with E-state index in [0.29, 0.717) is 62.4 Å². The Morgan fingerprint density at radius 1 is 0.784 bits per heavy atom. The number of carbonyl (C=O) groups excluding carboxylic acids is 4. The van der Waals surface area contributed by atoms with Gasteiger partial charge in [0.1, 0.15) is 5.75 Å². The molecule has 0 radical (unpaired) electrons. The third kappa shape index (κ3) is 7.52. The van der Waals surface area contributed by atoms with E-state index in [1.807, 2.05) is 56.3 Å². The number of fused-ring (bicyclic) bond motifs is 2. The number of para-hydroxylation sites is 4. The summed E-state index contributed by atoms with van der Waals surface area (Å²) in [6, 6.07) is 26.1. The number of H-pyrrole nitrogens is 1. The van der Waals surface area contributed by atoms with Gasteiger partial charge in [-0.05, 0) is 74.4 Å². The maximum atomic E-state index is 14.1. The first-order valence-electron chi connectivity index (χ1n) is 16.6. The van der Waals surface area contributed by atoms with Crippen LogP contribution >= 0.6 is 0 Å². The molecule has 5 aromatic rings. The van der Waals surface area contributed by atoms with E-state index in [1.54, 1.807) is 48.5 Å². The molecule has 7 rings (SSSR count). The highest BCUT2D eigenvalue weighted by Crippen LogP contribution is 2.36. The lowest BCUT2D eigenvalue weighted by Crippen LogP contribution is -2.26. The molecule has 13 heteroatoms. The summed E-state index contributed by atoms with van der Waals surface area (Å²) < 4.78 is 6.08. The highest BCUT2D eigenvalue weighted by atomic mass is 16.5. The van der Waals surface area contributed by atoms with Crippen molar-refractivity contribution in [3.8, 4) is 11.5 Å². The van der Waals surface area contributed by atoms with Crippen molar-refractivity contribution in [1.29, 1.82) is 0 Å². The molecule has 0 fully saturated rings. The molecule has 0 saturated heterocycles. The first-order chi connectivity index (χ1) is 24.7. The highest BCUT2D eigenvalue weighted by molar-refractivity contribution is 6.13. The molecule has 0 saturated carbocycles. The number of ether oxygens (including phenoxy) is 1. The summed E-state index contributed by atoms with van der Waals surface area (Å²) in [6.45, 7) is 3.71. The van der Waals surface area contributed by atoms with E-state index in [0.717, 1.165) is 5.69 Å². The van der Waals surface area contributed by atoms with E-state index < -0.39 is 17.9 Å². The molecular formula is C38H36N8O5. The lowest BCUT2D eigenvalue weighted by atomic mass is 9.97. The summed E-state index contributed by atoms with van der Waals surface area (Å²) in [7, 11) is 0. The first-order valence-corrected chi connectivity index (χ1v) is 16.6. The summed E-state index contributed by atoms with van der Waals surface area (Å²) in [5.74, 6) is 0.206. The van der Waals surface area contributed by atoms with Gasteiger partial charge in [0.2, 0.25) is 11.8 Å². The second kappa shape index (κ2) is 14.1. The van der Waals surface area contributed by atoms with Crippen molar-refractivity contribution in [3.63, 3.8) is 0 Å². The van der Waals surface area contributed by atoms with Gasteiger partial charge in [0.05, 0.1) is 39.6 Å². The van der Waals surface area contributed by atoms with Gasteiger partial charge in [-0.25, -0.2) is 0 Å². The van der Waals surface area contributed by atoms with Crippen LogP contribution in [0.25, 0.3) is 0 Å². The quantitative estimate of drug-likeness (QED) is 0.0965. The largest absolute Gasteiger partial charge is 0.455 e. The molecule has 4 aromatic carbocycles. The Morgan fingerprint density at radius 2 is 1.51 bits per heavy atom. The highest BCUT2D eigenvalue weighted by Gasteiger charge is 2.28. The number of benzene rings is 4. The zero-order valence-corrected chi connectivity index (χ0v) is 27.9. The number of amides is 4. The summed E-state index contributed by atoms with van der Waals surface area (Å²) in [4.78, 5) is 53.4. The number of aryl methyl sites for hydroxylation is 1. The Kier molecular flexibility index (Phi) is 9.08. The normalized spacial score (nSPS) is 16.4. The maximum Gasteiger partial charge on any atom is 0.259 e. The van der Waals surface area contributed by atoms with E-state index in [-0.39, 0.29) is 37.1 Å². The molecule has 7 N–H and O–H groups in total. The molecule has 2 aliphatic rings. The van der Waals surface area contributed by atoms with Gasteiger partial charge in [-0.2, -0.15) is 5.10 Å². The van der Waals surface area contributed by atoms with Crippen molar-refractivity contribution in [2.45, 2.75) is 45.2 Å². The topological polar surface area (TPSA) is 178 Å². The average molecular weight is 685 g/mol. The van der Waals surface area contributed by atoms with Crippen molar-refractivity contribution < 1.29 is 23.9 Å². The fraction of sp³-hybridized carbons (Fsp3) is 0.184. The lowest BCUT2D eigenvalue weighted by Gasteiger charge is -2.22. The molecule has 3 heterocycles. The van der Waals surface area contributed by atoms with E-state index in [1.165, 1.54) is 0 Å². The molecule has 13 nitrogen and oxygen atoms in total. The molecule has 258 valence electrons. The minimum atomic E-state index is -0.477. The van der Waals surface area contributed by atoms with Gasteiger partial charge < -0.3 is 36.6 Å². The Morgan fingerprint density at radius 3 is 2.31 bits per heavy atom. The second-order valence-electron chi connectivity index (χ2n) is 12.6. The van der Waals surface area contributed by atoms with Gasteiger partial charge >= 0.3 is 0 Å². The number of hydrogen-bond donors (Lipinski definition) is 7. The van der Waals surface area contributed by atoms with Crippen LogP contribution in [-0.2, 0) is 16.0 Å². The zero-order chi connectivity index (χ0) is 35.5. The van der Waals surface area contributed by atoms with E-state index in [2.05, 4.69) is 42.1 Å². The van der Waals surface area contributed by atoms with Crippen LogP contribution in [0.5, 0.6) is 11.5 Å². The maximum absolute atomic E-state index is 14.1. The van der Waals surface area contributed by atoms with Crippen LogP contribution in [-0.4, -0.2) is 45.9 Å². The first kappa shape index (κ1) is 32.9. The van der Waals surface area contributed by atoms with Gasteiger partial charge in [-0.1, -0.05) is 36.4 Å². The standard InChI is InChI=1S/C38H36N8O5/c1-21-16-33(47)42-30-19-23(18-27(36(30)39-21)38(50)43-28-12-6-7-14-31(28)51-25-9-4-3-5-10-25)17-24-20-34(48)41-29-13-8-11-26(35(29)40-24)37(49)44-32-15-22(2)45-46-32/h3-15,18-19,21,24,39-40H,16-17,20H2,1-2H3,(H,41,48)(H,42,47)(H,43,50)(H2,44,45,46,49). The molecule has 0 aliphatic carbocycles. The molecule has 0 bridgehead atoms. The van der Waals surface area contributed by atoms with Gasteiger partial charge in [-0.3, -0.25) is 24.3 Å². The van der Waals surface area contributed by atoms with E-state index in [9.17, 15) is 19.2 Å². The number of carbonyl (C=O) groups is 4. The summed E-state index contributed by atoms with van der Waals surface area (Å²) >= 11 is 0. The molecule has 0 spiro atoms. The minimum Gasteiger partial charge on any atom is -0.455 e. The van der Waals surface area contributed by atoms with Gasteiger partial charge in [0.15, 0.2) is 11.6 Å². The summed E-state index contributed by atoms with van der Waals surface area (Å²) in [5, 5.41) is 25.3. The van der Waals surface area contributed by atoms with Crippen LogP contribution < -0.4 is 36.6 Å². The number of hydrogen-bond acceptors (Lipinski definition) is 8. The van der Waals surface area contributed by atoms with Crippen molar-refractivity contribution in [2.75, 3.05) is 31.9 Å². The van der Waals surface area contributed by atoms with Crippen molar-refractivity contribution in [2.24, 2.45) is 0 Å². The number of aromatic amines is 1. The van der Waals surface area contributed by atoms with Gasteiger partial charge in [0.25, 0.3) is 11.8 Å². The molecule has 1 aromatic heterocycles. The number of aromatic nitrogens is 2. The predicted octanol–water partition coefficient (Wildman–Crippen LogP) is 6.52. The fourth-order valence-corrected chi connectivity index (χ4v) is 6.25. The molecule has 51 heavy (non-hydrogen) atoms. The third-order valence-electron chi connectivity index (χ3n) is 8.50. The van der Waals surface area contributed by atoms with Crippen molar-refractivity contribution in [3.05, 3.63) is 113 Å². The molecular weight excluding hydrogens is 648 g/mol. The predicted molar refractivity (Wildman–Crippen MR) is 196 cm³/mol. The Bertz CT molecular complexity index is 2150. The van der Waals surface area contributed by atoms with E-state index in [4.69, 9.17) is 4.74 Å². The van der Waals surface area contributed by atoms with Crippen LogP contribution in [0.15, 0.2) is 91.0 Å². The van der Waals surface area contributed by atoms with Crippen LogP contribution in [0, 0.1) is 6.92 Å². The number of rotatable bonds is 8. The smallest absolute Gasteiger partial charge is 0.259 e. The van der Waals surface area contributed by atoms with Gasteiger partial charge in [0, 0.05) is 36.7 Å². The van der Waals surface area contributed by atoms with Crippen molar-refractivity contribution in [1.82, 2.24) is 10.2 Å². The van der Waals surface area contributed by atoms with Crippen LogP contribution in [0.1, 0.15) is 51.7 Å². The van der Waals surface area contributed by atoms with Crippen LogP contribution in [0.2, 0.25) is 0 Å². The Labute approximate surface area is 293 Å². The molecule has 4 amide bonds. The zero-order valence-electron chi connectivity index (χ0n) is 27.9. The lowest BCUT2D eigenvalue weighted by molar-refractivity contribution is -0.117. The number of nitrogens with one attached hydrogen (secondary N) is 7. The molecule has 2 aliphatic heterocycles. The monoisotopic (exact) mass is 684 g/mol. The second-order valence-corrected chi connectivity index (χ2v) is 12.6. The average Bonchev–Trinajstić information content (AvgIpc) is 3.34. The Hall–Kier alpha value is -6.63. The number of nitrogens with zero attached hydrogens (tertiary/aromatic N) is 1. The molecule has 2 unspecified atom stereocenters. The Balaban J connectivity index is 1.20. The SMILES string of the molecule is Cc1cc(NC(=O)c2cccc3c2NC(Cc2cc4c(c(C(=O)Nc5ccccc5Oc5ccccc5)c2)NC(C)CC(=O)N4)CC(=O)N3)n[nH]1. The van der Waals surface area contributed by atoms with Crippen LogP contribution in [0.4, 0.5) is 34.3 Å².